The quantitative estimate of drug-likeness (QED) is 0.534. The van der Waals surface area contributed by atoms with E-state index in [0.717, 1.165) is 72.1 Å². The van der Waals surface area contributed by atoms with Crippen LogP contribution in [0.25, 0.3) is 22.1 Å². The van der Waals surface area contributed by atoms with Gasteiger partial charge in [0.2, 0.25) is 0 Å². The second-order valence-corrected chi connectivity index (χ2v) is 9.44. The number of fused-ring (bicyclic) bond motifs is 1. The fraction of sp³-hybridized carbons (Fsp3) is 0.480. The predicted molar refractivity (Wildman–Crippen MR) is 121 cm³/mol. The van der Waals surface area contributed by atoms with E-state index in [-0.39, 0.29) is 6.09 Å². The molecule has 31 heavy (non-hydrogen) atoms. The summed E-state index contributed by atoms with van der Waals surface area (Å²) < 4.78 is 11.2. The van der Waals surface area contributed by atoms with Crippen LogP contribution in [-0.4, -0.2) is 39.8 Å². The van der Waals surface area contributed by atoms with Gasteiger partial charge in [-0.1, -0.05) is 17.3 Å². The zero-order valence-corrected chi connectivity index (χ0v) is 18.9. The van der Waals surface area contributed by atoms with Crippen LogP contribution in [-0.2, 0) is 11.2 Å². The second-order valence-electron chi connectivity index (χ2n) is 9.44. The van der Waals surface area contributed by atoms with Crippen LogP contribution >= 0.6 is 0 Å². The standard InChI is InChI=1S/C25H31N3O3/c1-17-20(19-6-5-13-26-16-19)8-9-21-22(27-31-23(17)21)10-7-18-11-14-28(15-12-18)24(29)30-25(2,3)4/h5-6,8-9,13,16,18H,7,10-12,14-15H2,1-4H3. The number of benzene rings is 1. The first-order valence-electron chi connectivity index (χ1n) is 11.1. The van der Waals surface area contributed by atoms with Gasteiger partial charge in [0.1, 0.15) is 5.60 Å². The molecule has 1 saturated heterocycles. The number of rotatable bonds is 4. The lowest BCUT2D eigenvalue weighted by Gasteiger charge is -2.33. The van der Waals surface area contributed by atoms with E-state index in [1.54, 1.807) is 6.20 Å². The van der Waals surface area contributed by atoms with Crippen LogP contribution in [0.15, 0.2) is 41.2 Å². The van der Waals surface area contributed by atoms with Crippen molar-refractivity contribution in [3.63, 3.8) is 0 Å². The molecule has 0 atom stereocenters. The predicted octanol–water partition coefficient (Wildman–Crippen LogP) is 5.78. The number of piperidine rings is 1. The third kappa shape index (κ3) is 4.89. The van der Waals surface area contributed by atoms with E-state index >= 15 is 0 Å². The molecule has 1 aromatic carbocycles. The highest BCUT2D eigenvalue weighted by molar-refractivity contribution is 5.88. The lowest BCUT2D eigenvalue weighted by Crippen LogP contribution is -2.41. The van der Waals surface area contributed by atoms with Gasteiger partial charge in [-0.25, -0.2) is 4.79 Å². The number of amides is 1. The van der Waals surface area contributed by atoms with Crippen molar-refractivity contribution in [2.45, 2.75) is 59.0 Å². The van der Waals surface area contributed by atoms with E-state index in [2.05, 4.69) is 35.3 Å². The Morgan fingerprint density at radius 1 is 1.23 bits per heavy atom. The highest BCUT2D eigenvalue weighted by Crippen LogP contribution is 2.32. The second kappa shape index (κ2) is 8.69. The molecule has 0 spiro atoms. The van der Waals surface area contributed by atoms with Crippen molar-refractivity contribution in [2.24, 2.45) is 5.92 Å². The summed E-state index contributed by atoms with van der Waals surface area (Å²) in [4.78, 5) is 18.3. The van der Waals surface area contributed by atoms with Gasteiger partial charge in [0.25, 0.3) is 0 Å². The Kier molecular flexibility index (Phi) is 5.99. The third-order valence-electron chi connectivity index (χ3n) is 5.99. The Bertz CT molecular complexity index is 1050. The lowest BCUT2D eigenvalue weighted by atomic mass is 9.91. The fourth-order valence-electron chi connectivity index (χ4n) is 4.27. The topological polar surface area (TPSA) is 68.5 Å². The molecular formula is C25H31N3O3. The van der Waals surface area contributed by atoms with E-state index in [1.165, 1.54) is 0 Å². The Balaban J connectivity index is 1.37. The summed E-state index contributed by atoms with van der Waals surface area (Å²) in [7, 11) is 0. The number of carbonyl (C=O) groups excluding carboxylic acids is 1. The van der Waals surface area contributed by atoms with Crippen LogP contribution in [0.5, 0.6) is 0 Å². The van der Waals surface area contributed by atoms with Crippen LogP contribution in [0.1, 0.15) is 51.3 Å². The number of hydrogen-bond donors (Lipinski definition) is 0. The maximum Gasteiger partial charge on any atom is 0.410 e. The van der Waals surface area contributed by atoms with Gasteiger partial charge in [-0.15, -0.1) is 0 Å². The molecule has 1 fully saturated rings. The van der Waals surface area contributed by atoms with Gasteiger partial charge < -0.3 is 14.2 Å². The largest absolute Gasteiger partial charge is 0.444 e. The summed E-state index contributed by atoms with van der Waals surface area (Å²) in [5, 5.41) is 5.48. The monoisotopic (exact) mass is 421 g/mol. The Hall–Kier alpha value is -2.89. The van der Waals surface area contributed by atoms with Crippen LogP contribution in [0, 0.1) is 12.8 Å². The third-order valence-corrected chi connectivity index (χ3v) is 5.99. The van der Waals surface area contributed by atoms with E-state index in [0.29, 0.717) is 5.92 Å². The fourth-order valence-corrected chi connectivity index (χ4v) is 4.27. The number of ether oxygens (including phenoxy) is 1. The molecule has 6 nitrogen and oxygen atoms in total. The minimum Gasteiger partial charge on any atom is -0.444 e. The van der Waals surface area contributed by atoms with Crippen LogP contribution in [0.2, 0.25) is 0 Å². The van der Waals surface area contributed by atoms with Crippen molar-refractivity contribution in [2.75, 3.05) is 13.1 Å². The van der Waals surface area contributed by atoms with Gasteiger partial charge in [0.05, 0.1) is 5.69 Å². The van der Waals surface area contributed by atoms with Gasteiger partial charge in [0, 0.05) is 42.0 Å². The minimum absolute atomic E-state index is 0.201. The Morgan fingerprint density at radius 3 is 2.68 bits per heavy atom. The molecule has 164 valence electrons. The number of hydrogen-bond acceptors (Lipinski definition) is 5. The van der Waals surface area contributed by atoms with Crippen molar-refractivity contribution in [1.29, 1.82) is 0 Å². The van der Waals surface area contributed by atoms with E-state index in [9.17, 15) is 4.79 Å². The van der Waals surface area contributed by atoms with Crippen LogP contribution in [0.3, 0.4) is 0 Å². The lowest BCUT2D eigenvalue weighted by molar-refractivity contribution is 0.0181. The average Bonchev–Trinajstić information content (AvgIpc) is 3.16. The molecule has 0 saturated carbocycles. The zero-order chi connectivity index (χ0) is 22.0. The van der Waals surface area contributed by atoms with Crippen molar-refractivity contribution in [3.05, 3.63) is 47.9 Å². The molecule has 0 radical (unpaired) electrons. The number of pyridine rings is 1. The van der Waals surface area contributed by atoms with E-state index in [1.807, 2.05) is 37.9 Å². The van der Waals surface area contributed by atoms with Crippen molar-refractivity contribution < 1.29 is 14.1 Å². The first kappa shape index (κ1) is 21.3. The minimum atomic E-state index is -0.447. The number of aromatic nitrogens is 2. The van der Waals surface area contributed by atoms with Gasteiger partial charge >= 0.3 is 6.09 Å². The molecule has 4 rings (SSSR count). The van der Waals surface area contributed by atoms with Crippen LogP contribution in [0.4, 0.5) is 4.79 Å². The maximum atomic E-state index is 12.3. The molecule has 0 bridgehead atoms. The van der Waals surface area contributed by atoms with Crippen molar-refractivity contribution >= 4 is 17.1 Å². The number of carbonyl (C=O) groups is 1. The average molecular weight is 422 g/mol. The van der Waals surface area contributed by atoms with Gasteiger partial charge in [-0.2, -0.15) is 0 Å². The summed E-state index contributed by atoms with van der Waals surface area (Å²) in [5.41, 5.74) is 4.72. The first-order chi connectivity index (χ1) is 14.8. The summed E-state index contributed by atoms with van der Waals surface area (Å²) >= 11 is 0. The van der Waals surface area contributed by atoms with Gasteiger partial charge in [-0.3, -0.25) is 4.98 Å². The molecule has 6 heteroatoms. The molecule has 0 aliphatic carbocycles. The maximum absolute atomic E-state index is 12.3. The van der Waals surface area contributed by atoms with Gasteiger partial charge in [-0.05, 0) is 77.0 Å². The SMILES string of the molecule is Cc1c(-c2cccnc2)ccc2c(CCC3CCN(C(=O)OC(C)(C)C)CC3)noc12. The van der Waals surface area contributed by atoms with E-state index < -0.39 is 5.60 Å². The molecular weight excluding hydrogens is 390 g/mol. The summed E-state index contributed by atoms with van der Waals surface area (Å²) in [6.45, 7) is 9.30. The van der Waals surface area contributed by atoms with Gasteiger partial charge in [0.15, 0.2) is 5.58 Å². The summed E-state index contributed by atoms with van der Waals surface area (Å²) in [6.07, 6.45) is 7.38. The molecule has 0 N–H and O–H groups in total. The molecule has 0 unspecified atom stereocenters. The van der Waals surface area contributed by atoms with Crippen molar-refractivity contribution in [1.82, 2.24) is 15.0 Å². The number of likely N-dealkylation sites (tertiary alicyclic amines) is 1. The van der Waals surface area contributed by atoms with Crippen LogP contribution < -0.4 is 0 Å². The molecule has 1 aliphatic rings. The number of nitrogens with zero attached hydrogens (tertiary/aromatic N) is 3. The highest BCUT2D eigenvalue weighted by Gasteiger charge is 2.27. The molecule has 1 amide bonds. The molecule has 3 aromatic rings. The Labute approximate surface area is 183 Å². The number of aryl methyl sites for hydroxylation is 2. The molecule has 3 heterocycles. The first-order valence-corrected chi connectivity index (χ1v) is 11.1. The summed E-state index contributed by atoms with van der Waals surface area (Å²) in [6, 6.07) is 8.25. The normalized spacial score (nSPS) is 15.4. The Morgan fingerprint density at radius 2 is 2.00 bits per heavy atom. The summed E-state index contributed by atoms with van der Waals surface area (Å²) in [5.74, 6) is 0.584. The molecule has 1 aliphatic heterocycles. The van der Waals surface area contributed by atoms with E-state index in [4.69, 9.17) is 9.26 Å². The van der Waals surface area contributed by atoms with Crippen molar-refractivity contribution in [3.8, 4) is 11.1 Å². The highest BCUT2D eigenvalue weighted by atomic mass is 16.6. The zero-order valence-electron chi connectivity index (χ0n) is 18.9. The smallest absolute Gasteiger partial charge is 0.410 e. The molecule has 2 aromatic heterocycles.